The molecule has 1 atom stereocenters. The van der Waals surface area contributed by atoms with Crippen molar-refractivity contribution in [3.8, 4) is 0 Å². The lowest BCUT2D eigenvalue weighted by atomic mass is 9.83. The number of fused-ring (bicyclic) bond motifs is 2. The molecule has 0 aliphatic carbocycles. The van der Waals surface area contributed by atoms with E-state index in [0.29, 0.717) is 11.3 Å². The van der Waals surface area contributed by atoms with Gasteiger partial charge in [-0.25, -0.2) is 4.90 Å². The number of hydrogen-bond acceptors (Lipinski definition) is 4. The van der Waals surface area contributed by atoms with Crippen LogP contribution in [0.15, 0.2) is 127 Å². The number of imide groups is 1. The molecule has 196 valence electrons. The maximum absolute atomic E-state index is 14.3. The summed E-state index contributed by atoms with van der Waals surface area (Å²) in [6, 6.07) is 39.4. The highest BCUT2D eigenvalue weighted by Crippen LogP contribution is 2.44. The van der Waals surface area contributed by atoms with Crippen LogP contribution in [-0.4, -0.2) is 17.8 Å². The maximum Gasteiger partial charge on any atom is 0.326 e. The molecule has 0 aromatic heterocycles. The van der Waals surface area contributed by atoms with Gasteiger partial charge in [0.1, 0.15) is 6.61 Å². The van der Waals surface area contributed by atoms with Crippen molar-refractivity contribution in [3.63, 3.8) is 0 Å². The van der Waals surface area contributed by atoms with E-state index >= 15 is 0 Å². The molecular weight excluding hydrogens is 498 g/mol. The van der Waals surface area contributed by atoms with Gasteiger partial charge in [-0.2, -0.15) is 0 Å². The third-order valence-electron chi connectivity index (χ3n) is 7.69. The number of para-hydroxylation sites is 1. The first-order chi connectivity index (χ1) is 19.5. The highest BCUT2D eigenvalue weighted by Gasteiger charge is 2.56. The first-order valence-corrected chi connectivity index (χ1v) is 13.2. The van der Waals surface area contributed by atoms with Crippen molar-refractivity contribution in [2.45, 2.75) is 24.9 Å². The molecule has 6 rings (SSSR count). The van der Waals surface area contributed by atoms with Crippen molar-refractivity contribution in [3.05, 3.63) is 150 Å². The SMILES string of the molecule is C[C@@]1(C(=O)OCc2cccc3ccccc23)C(=O)N(C(=O)C(c2ccccc2)c2ccccc2)c2ccccc21. The van der Waals surface area contributed by atoms with Gasteiger partial charge in [0.25, 0.3) is 5.91 Å². The molecule has 5 heteroatoms. The van der Waals surface area contributed by atoms with E-state index in [2.05, 4.69) is 0 Å². The van der Waals surface area contributed by atoms with Crippen LogP contribution in [0.5, 0.6) is 0 Å². The molecule has 0 unspecified atom stereocenters. The zero-order chi connectivity index (χ0) is 27.7. The number of nitrogens with zero attached hydrogens (tertiary/aromatic N) is 1. The number of carbonyl (C=O) groups excluding carboxylic acids is 3. The van der Waals surface area contributed by atoms with Crippen LogP contribution in [0.2, 0.25) is 0 Å². The van der Waals surface area contributed by atoms with Crippen LogP contribution in [0, 0.1) is 0 Å². The van der Waals surface area contributed by atoms with Gasteiger partial charge < -0.3 is 4.74 Å². The number of rotatable bonds is 6. The lowest BCUT2D eigenvalue weighted by molar-refractivity contribution is -0.154. The predicted molar refractivity (Wildman–Crippen MR) is 155 cm³/mol. The molecule has 1 aliphatic heterocycles. The second kappa shape index (κ2) is 10.3. The third kappa shape index (κ3) is 4.16. The highest BCUT2D eigenvalue weighted by molar-refractivity contribution is 6.30. The lowest BCUT2D eigenvalue weighted by Gasteiger charge is -2.25. The smallest absolute Gasteiger partial charge is 0.326 e. The zero-order valence-electron chi connectivity index (χ0n) is 22.0. The standard InChI is InChI=1S/C35H27NO4/c1-35(34(39)40-23-27-19-12-18-24-13-8-9-20-28(24)27)29-21-10-11-22-30(29)36(33(35)38)32(37)31(25-14-4-2-5-15-25)26-16-6-3-7-17-26/h2-22,31H,23H2,1H3/t35-/m0/s1. The average molecular weight is 526 g/mol. The Balaban J connectivity index is 1.36. The van der Waals surface area contributed by atoms with Crippen LogP contribution in [0.3, 0.4) is 0 Å². The summed E-state index contributed by atoms with van der Waals surface area (Å²) >= 11 is 0. The highest BCUT2D eigenvalue weighted by atomic mass is 16.5. The molecular formula is C35H27NO4. The summed E-state index contributed by atoms with van der Waals surface area (Å²) in [4.78, 5) is 43.4. The number of benzene rings is 5. The van der Waals surface area contributed by atoms with Crippen molar-refractivity contribution >= 4 is 34.2 Å². The number of amides is 2. The number of carbonyl (C=O) groups is 3. The summed E-state index contributed by atoms with van der Waals surface area (Å²) in [6.07, 6.45) is 0. The Morgan fingerprint density at radius 1 is 0.725 bits per heavy atom. The van der Waals surface area contributed by atoms with Gasteiger partial charge in [0, 0.05) is 5.56 Å². The molecule has 0 radical (unpaired) electrons. The fraction of sp³-hybridized carbons (Fsp3) is 0.114. The molecule has 1 aliphatic rings. The summed E-state index contributed by atoms with van der Waals surface area (Å²) in [5, 5.41) is 2.01. The van der Waals surface area contributed by atoms with Crippen LogP contribution in [-0.2, 0) is 31.1 Å². The minimum Gasteiger partial charge on any atom is -0.460 e. The summed E-state index contributed by atoms with van der Waals surface area (Å²) in [7, 11) is 0. The van der Waals surface area contributed by atoms with E-state index in [0.717, 1.165) is 27.5 Å². The predicted octanol–water partition coefficient (Wildman–Crippen LogP) is 6.55. The van der Waals surface area contributed by atoms with Crippen molar-refractivity contribution in [2.24, 2.45) is 0 Å². The molecule has 5 aromatic rings. The van der Waals surface area contributed by atoms with Crippen LogP contribution in [0.25, 0.3) is 10.8 Å². The Bertz CT molecular complexity index is 1690. The van der Waals surface area contributed by atoms with Gasteiger partial charge in [-0.3, -0.25) is 14.4 Å². The van der Waals surface area contributed by atoms with Crippen LogP contribution >= 0.6 is 0 Å². The largest absolute Gasteiger partial charge is 0.460 e. The van der Waals surface area contributed by atoms with E-state index in [1.54, 1.807) is 31.2 Å². The number of ether oxygens (including phenoxy) is 1. The molecule has 5 nitrogen and oxygen atoms in total. The maximum atomic E-state index is 14.3. The van der Waals surface area contributed by atoms with E-state index in [9.17, 15) is 14.4 Å². The first kappa shape index (κ1) is 25.3. The molecule has 0 N–H and O–H groups in total. The Kier molecular flexibility index (Phi) is 6.48. The average Bonchev–Trinajstić information content (AvgIpc) is 3.24. The zero-order valence-corrected chi connectivity index (χ0v) is 22.0. The summed E-state index contributed by atoms with van der Waals surface area (Å²) in [5.74, 6) is -2.45. The van der Waals surface area contributed by atoms with E-state index in [4.69, 9.17) is 4.74 Å². The molecule has 0 saturated carbocycles. The van der Waals surface area contributed by atoms with Gasteiger partial charge in [-0.15, -0.1) is 0 Å². The monoisotopic (exact) mass is 525 g/mol. The number of anilines is 1. The van der Waals surface area contributed by atoms with Crippen molar-refractivity contribution in [2.75, 3.05) is 4.90 Å². The normalized spacial score (nSPS) is 16.2. The molecule has 1 heterocycles. The van der Waals surface area contributed by atoms with E-state index in [1.807, 2.05) is 103 Å². The van der Waals surface area contributed by atoms with Gasteiger partial charge in [0.15, 0.2) is 5.41 Å². The Morgan fingerprint density at radius 2 is 1.30 bits per heavy atom. The second-order valence-electron chi connectivity index (χ2n) is 10.1. The lowest BCUT2D eigenvalue weighted by Crippen LogP contribution is -2.48. The fourth-order valence-corrected chi connectivity index (χ4v) is 5.56. The van der Waals surface area contributed by atoms with E-state index in [1.165, 1.54) is 4.90 Å². The van der Waals surface area contributed by atoms with E-state index in [-0.39, 0.29) is 6.61 Å². The van der Waals surface area contributed by atoms with Gasteiger partial charge in [0.2, 0.25) is 5.91 Å². The first-order valence-electron chi connectivity index (χ1n) is 13.2. The molecule has 0 bridgehead atoms. The molecule has 0 fully saturated rings. The Labute approximate surface area is 232 Å². The summed E-state index contributed by atoms with van der Waals surface area (Å²) in [6.45, 7) is 1.56. The van der Waals surface area contributed by atoms with Crippen LogP contribution < -0.4 is 4.90 Å². The quantitative estimate of drug-likeness (QED) is 0.186. The molecule has 2 amide bonds. The molecule has 0 spiro atoms. The fourth-order valence-electron chi connectivity index (χ4n) is 5.56. The van der Waals surface area contributed by atoms with Gasteiger partial charge in [-0.1, -0.05) is 121 Å². The van der Waals surface area contributed by atoms with Crippen molar-refractivity contribution < 1.29 is 19.1 Å². The molecule has 40 heavy (non-hydrogen) atoms. The summed E-state index contributed by atoms with van der Waals surface area (Å²) < 4.78 is 5.81. The summed E-state index contributed by atoms with van der Waals surface area (Å²) in [5.41, 5.74) is 1.55. The van der Waals surface area contributed by atoms with E-state index < -0.39 is 29.1 Å². The van der Waals surface area contributed by atoms with Crippen molar-refractivity contribution in [1.29, 1.82) is 0 Å². The Morgan fingerprint density at radius 3 is 2.00 bits per heavy atom. The Hall–Kier alpha value is -5.03. The molecule has 0 saturated heterocycles. The van der Waals surface area contributed by atoms with Gasteiger partial charge in [0.05, 0.1) is 11.6 Å². The number of hydrogen-bond donors (Lipinski definition) is 0. The minimum absolute atomic E-state index is 0.00975. The van der Waals surface area contributed by atoms with Gasteiger partial charge >= 0.3 is 5.97 Å². The van der Waals surface area contributed by atoms with Crippen LogP contribution in [0.1, 0.15) is 35.1 Å². The second-order valence-corrected chi connectivity index (χ2v) is 10.1. The van der Waals surface area contributed by atoms with Gasteiger partial charge in [-0.05, 0) is 40.5 Å². The van der Waals surface area contributed by atoms with Crippen LogP contribution in [0.4, 0.5) is 5.69 Å². The van der Waals surface area contributed by atoms with Crippen molar-refractivity contribution in [1.82, 2.24) is 0 Å². The molecule has 5 aromatic carbocycles. The number of esters is 1. The minimum atomic E-state index is -1.67. The third-order valence-corrected chi connectivity index (χ3v) is 7.69. The topological polar surface area (TPSA) is 63.7 Å².